The van der Waals surface area contributed by atoms with Crippen molar-refractivity contribution >= 4 is 11.7 Å². The highest BCUT2D eigenvalue weighted by Crippen LogP contribution is 2.32. The van der Waals surface area contributed by atoms with Crippen LogP contribution < -0.4 is 0 Å². The van der Waals surface area contributed by atoms with Crippen molar-refractivity contribution in [3.8, 4) is 0 Å². The maximum absolute atomic E-state index is 12.2. The minimum Gasteiger partial charge on any atom is -0.481 e. The fourth-order valence-corrected chi connectivity index (χ4v) is 1.41. The van der Waals surface area contributed by atoms with Crippen LogP contribution >= 0.6 is 0 Å². The third-order valence-electron chi connectivity index (χ3n) is 2.24. The summed E-state index contributed by atoms with van der Waals surface area (Å²) in [5.74, 6) is -3.38. The van der Waals surface area contributed by atoms with E-state index in [0.29, 0.717) is 0 Å². The van der Waals surface area contributed by atoms with Crippen molar-refractivity contribution in [2.45, 2.75) is 18.5 Å². The molecule has 1 atom stereocenters. The Morgan fingerprint density at radius 1 is 1.33 bits per heavy atom. The second-order valence-electron chi connectivity index (χ2n) is 3.56. The zero-order chi connectivity index (χ0) is 13.9. The van der Waals surface area contributed by atoms with Crippen molar-refractivity contribution in [2.75, 3.05) is 0 Å². The summed E-state index contributed by atoms with van der Waals surface area (Å²) in [6, 6.07) is 3.98. The molecule has 1 N–H and O–H groups in total. The van der Waals surface area contributed by atoms with Crippen molar-refractivity contribution < 1.29 is 28.0 Å². The number of nitro groups is 1. The van der Waals surface area contributed by atoms with E-state index < -0.39 is 29.4 Å². The van der Waals surface area contributed by atoms with E-state index in [0.717, 1.165) is 24.3 Å². The molecule has 0 saturated carbocycles. The van der Waals surface area contributed by atoms with Crippen LogP contribution in [0.3, 0.4) is 0 Å². The fourth-order valence-electron chi connectivity index (χ4n) is 1.41. The molecule has 0 aliphatic heterocycles. The number of nitro benzene ring substituents is 1. The highest BCUT2D eigenvalue weighted by molar-refractivity contribution is 5.76. The number of alkyl halides is 3. The second-order valence-corrected chi connectivity index (χ2v) is 3.56. The van der Waals surface area contributed by atoms with E-state index in [1.54, 1.807) is 0 Å². The summed E-state index contributed by atoms with van der Waals surface area (Å²) in [6.45, 7) is 0. The number of aliphatic carboxylic acids is 1. The molecule has 0 aliphatic carbocycles. The molecule has 0 radical (unpaired) electrons. The lowest BCUT2D eigenvalue weighted by atomic mass is 9.95. The Balaban J connectivity index is 3.00. The van der Waals surface area contributed by atoms with Gasteiger partial charge in [-0.05, 0) is 5.56 Å². The normalized spacial score (nSPS) is 13.1. The van der Waals surface area contributed by atoms with Gasteiger partial charge in [-0.25, -0.2) is 0 Å². The maximum Gasteiger partial charge on any atom is 0.390 e. The van der Waals surface area contributed by atoms with E-state index in [4.69, 9.17) is 5.11 Å². The number of benzene rings is 1. The summed E-state index contributed by atoms with van der Waals surface area (Å²) in [5, 5.41) is 19.1. The summed E-state index contributed by atoms with van der Waals surface area (Å²) < 4.78 is 36.6. The first kappa shape index (κ1) is 13.9. The van der Waals surface area contributed by atoms with Gasteiger partial charge in [0, 0.05) is 12.1 Å². The molecular weight excluding hydrogens is 255 g/mol. The minimum absolute atomic E-state index is 0.120. The van der Waals surface area contributed by atoms with Gasteiger partial charge in [-0.1, -0.05) is 12.1 Å². The number of hydrogen-bond donors (Lipinski definition) is 1. The predicted molar refractivity (Wildman–Crippen MR) is 54.1 cm³/mol. The largest absolute Gasteiger partial charge is 0.481 e. The molecule has 98 valence electrons. The van der Waals surface area contributed by atoms with Crippen molar-refractivity contribution in [1.82, 2.24) is 0 Å². The van der Waals surface area contributed by atoms with Crippen molar-refractivity contribution in [3.05, 3.63) is 39.9 Å². The first-order valence-corrected chi connectivity index (χ1v) is 4.74. The summed E-state index contributed by atoms with van der Waals surface area (Å²) in [6.07, 6.45) is -6.13. The summed E-state index contributed by atoms with van der Waals surface area (Å²) >= 11 is 0. The number of hydrogen-bond acceptors (Lipinski definition) is 3. The third-order valence-corrected chi connectivity index (χ3v) is 2.24. The Labute approximate surface area is 99.0 Å². The predicted octanol–water partition coefficient (Wildman–Crippen LogP) is 2.72. The monoisotopic (exact) mass is 263 g/mol. The Kier molecular flexibility index (Phi) is 3.89. The van der Waals surface area contributed by atoms with E-state index in [1.165, 1.54) is 0 Å². The van der Waals surface area contributed by atoms with Crippen LogP contribution in [0.4, 0.5) is 18.9 Å². The number of carbonyl (C=O) groups is 1. The number of halogens is 3. The lowest BCUT2D eigenvalue weighted by Crippen LogP contribution is -2.20. The molecule has 0 heterocycles. The zero-order valence-electron chi connectivity index (χ0n) is 8.85. The van der Waals surface area contributed by atoms with Crippen LogP contribution in [-0.2, 0) is 4.79 Å². The highest BCUT2D eigenvalue weighted by atomic mass is 19.4. The number of non-ortho nitro benzene ring substituents is 1. The van der Waals surface area contributed by atoms with Crippen LogP contribution in [0.15, 0.2) is 24.3 Å². The van der Waals surface area contributed by atoms with Gasteiger partial charge in [0.05, 0.1) is 17.3 Å². The van der Waals surface area contributed by atoms with Gasteiger partial charge in [0.2, 0.25) is 0 Å². The molecule has 1 aromatic carbocycles. The molecule has 5 nitrogen and oxygen atoms in total. The lowest BCUT2D eigenvalue weighted by molar-refractivity contribution is -0.384. The Morgan fingerprint density at radius 3 is 2.17 bits per heavy atom. The van der Waals surface area contributed by atoms with Crippen LogP contribution in [0, 0.1) is 10.1 Å². The minimum atomic E-state index is -4.62. The van der Waals surface area contributed by atoms with Crippen molar-refractivity contribution in [3.63, 3.8) is 0 Å². The molecule has 0 saturated heterocycles. The lowest BCUT2D eigenvalue weighted by Gasteiger charge is -2.14. The zero-order valence-corrected chi connectivity index (χ0v) is 8.85. The first-order chi connectivity index (χ1) is 8.20. The standard InChI is InChI=1S/C10H8F3NO4/c11-10(12,13)5-8(9(15)16)6-1-3-7(4-2-6)14(17)18/h1-4,8H,5H2,(H,15,16). The molecule has 1 aromatic rings. The summed E-state index contributed by atoms with van der Waals surface area (Å²) in [4.78, 5) is 20.4. The number of rotatable bonds is 4. The van der Waals surface area contributed by atoms with E-state index >= 15 is 0 Å². The van der Waals surface area contributed by atoms with Gasteiger partial charge >= 0.3 is 12.1 Å². The molecule has 18 heavy (non-hydrogen) atoms. The molecule has 0 spiro atoms. The summed E-state index contributed by atoms with van der Waals surface area (Å²) in [7, 11) is 0. The van der Waals surface area contributed by atoms with Crippen LogP contribution in [0.1, 0.15) is 17.9 Å². The average molecular weight is 263 g/mol. The Morgan fingerprint density at radius 2 is 1.83 bits per heavy atom. The van der Waals surface area contributed by atoms with Gasteiger partial charge < -0.3 is 5.11 Å². The van der Waals surface area contributed by atoms with Gasteiger partial charge in [-0.15, -0.1) is 0 Å². The van der Waals surface area contributed by atoms with Crippen LogP contribution in [-0.4, -0.2) is 22.2 Å². The van der Waals surface area contributed by atoms with E-state index in [2.05, 4.69) is 0 Å². The van der Waals surface area contributed by atoms with Crippen molar-refractivity contribution in [2.24, 2.45) is 0 Å². The first-order valence-electron chi connectivity index (χ1n) is 4.74. The highest BCUT2D eigenvalue weighted by Gasteiger charge is 2.36. The van der Waals surface area contributed by atoms with Crippen LogP contribution in [0.5, 0.6) is 0 Å². The van der Waals surface area contributed by atoms with Crippen LogP contribution in [0.25, 0.3) is 0 Å². The average Bonchev–Trinajstić information content (AvgIpc) is 2.24. The van der Waals surface area contributed by atoms with Gasteiger partial charge in [-0.2, -0.15) is 13.2 Å². The van der Waals surface area contributed by atoms with Gasteiger partial charge in [-0.3, -0.25) is 14.9 Å². The Hall–Kier alpha value is -2.12. The molecule has 0 amide bonds. The number of carboxylic acid groups (broad SMARTS) is 1. The van der Waals surface area contributed by atoms with Crippen molar-refractivity contribution in [1.29, 1.82) is 0 Å². The van der Waals surface area contributed by atoms with Gasteiger partial charge in [0.15, 0.2) is 0 Å². The number of carboxylic acids is 1. The van der Waals surface area contributed by atoms with E-state index in [9.17, 15) is 28.1 Å². The molecule has 8 heteroatoms. The number of nitrogens with zero attached hydrogens (tertiary/aromatic N) is 1. The third kappa shape index (κ3) is 3.72. The quantitative estimate of drug-likeness (QED) is 0.669. The molecule has 0 aliphatic rings. The van der Waals surface area contributed by atoms with Gasteiger partial charge in [0.25, 0.3) is 5.69 Å². The van der Waals surface area contributed by atoms with E-state index in [1.807, 2.05) is 0 Å². The second kappa shape index (κ2) is 5.03. The Bertz CT molecular complexity index is 455. The molecular formula is C10H8F3NO4. The maximum atomic E-state index is 12.2. The van der Waals surface area contributed by atoms with Crippen LogP contribution in [0.2, 0.25) is 0 Å². The topological polar surface area (TPSA) is 80.4 Å². The molecule has 0 bridgehead atoms. The van der Waals surface area contributed by atoms with Gasteiger partial charge in [0.1, 0.15) is 0 Å². The smallest absolute Gasteiger partial charge is 0.390 e. The molecule has 0 fully saturated rings. The fraction of sp³-hybridized carbons (Fsp3) is 0.300. The molecule has 1 unspecified atom stereocenters. The SMILES string of the molecule is O=C(O)C(CC(F)(F)F)c1ccc([N+](=O)[O-])cc1. The molecule has 1 rings (SSSR count). The molecule has 0 aromatic heterocycles. The van der Waals surface area contributed by atoms with E-state index in [-0.39, 0.29) is 11.3 Å². The summed E-state index contributed by atoms with van der Waals surface area (Å²) in [5.41, 5.74) is -0.430.